The van der Waals surface area contributed by atoms with Crippen LogP contribution in [0.15, 0.2) is 36.4 Å². The van der Waals surface area contributed by atoms with E-state index in [0.29, 0.717) is 23.3 Å². The van der Waals surface area contributed by atoms with Gasteiger partial charge >= 0.3 is 5.97 Å². The van der Waals surface area contributed by atoms with Crippen LogP contribution in [0.2, 0.25) is 0 Å². The molecule has 8 atom stereocenters. The first-order chi connectivity index (χ1) is 24.0. The van der Waals surface area contributed by atoms with E-state index in [9.17, 15) is 24.3 Å². The summed E-state index contributed by atoms with van der Waals surface area (Å²) in [5, 5.41) is 30.6. The summed E-state index contributed by atoms with van der Waals surface area (Å²) in [4.78, 5) is 59.0. The van der Waals surface area contributed by atoms with Gasteiger partial charge in [0, 0.05) is 57.3 Å². The number of aliphatic carboxylic acids is 1. The number of carbonyl (C=O) groups excluding carboxylic acids is 3. The first-order valence-corrected chi connectivity index (χ1v) is 18.1. The number of amides is 3. The maximum absolute atomic E-state index is 14.4. The van der Waals surface area contributed by atoms with Crippen LogP contribution in [0, 0.1) is 36.0 Å². The Balaban J connectivity index is 1.45. The number of carbonyl (C=O) groups is 4. The third kappa shape index (κ3) is 7.93. The topological polar surface area (TPSA) is 161 Å². The summed E-state index contributed by atoms with van der Waals surface area (Å²) in [5.74, 6) is -1.23. The van der Waals surface area contributed by atoms with Gasteiger partial charge < -0.3 is 31.1 Å². The molecule has 1 aliphatic heterocycles. The molecule has 4 fully saturated rings. The minimum atomic E-state index is -1.07. The maximum Gasteiger partial charge on any atom is 0.303 e. The van der Waals surface area contributed by atoms with E-state index in [1.165, 1.54) is 6.42 Å². The van der Waals surface area contributed by atoms with Crippen LogP contribution < -0.4 is 20.9 Å². The number of nitrogens with one attached hydrogen (secondary N) is 3. The molecule has 51 heavy (non-hydrogen) atoms. The molecule has 0 spiro atoms. The molecule has 3 saturated carbocycles. The van der Waals surface area contributed by atoms with Crippen LogP contribution in [0.3, 0.4) is 0 Å². The smallest absolute Gasteiger partial charge is 0.303 e. The van der Waals surface area contributed by atoms with Crippen molar-refractivity contribution in [1.82, 2.24) is 21.0 Å². The highest BCUT2D eigenvalue weighted by Crippen LogP contribution is 2.61. The van der Waals surface area contributed by atoms with Crippen LogP contribution in [0.1, 0.15) is 74.9 Å². The van der Waals surface area contributed by atoms with Gasteiger partial charge in [0.2, 0.25) is 11.8 Å². The number of carboxylic acids is 1. The lowest BCUT2D eigenvalue weighted by Gasteiger charge is -2.62. The molecule has 1 saturated heterocycles. The molecule has 0 unspecified atom stereocenters. The van der Waals surface area contributed by atoms with E-state index < -0.39 is 36.0 Å². The zero-order chi connectivity index (χ0) is 37.4. The Labute approximate surface area is 301 Å². The minimum absolute atomic E-state index is 0.00380. The van der Waals surface area contributed by atoms with Crippen LogP contribution in [-0.4, -0.2) is 90.9 Å². The Morgan fingerprint density at radius 2 is 1.82 bits per heavy atom. The molecule has 1 heterocycles. The fourth-order valence-electron chi connectivity index (χ4n) is 8.66. The minimum Gasteiger partial charge on any atom is -0.481 e. The molecule has 0 radical (unpaired) electrons. The number of hydroxylamine groups is 2. The number of anilines is 1. The van der Waals surface area contributed by atoms with Gasteiger partial charge in [-0.05, 0) is 90.3 Å². The Hall–Kier alpha value is -4.00. The van der Waals surface area contributed by atoms with Crippen LogP contribution >= 0.6 is 0 Å². The number of rotatable bonds is 13. The predicted molar refractivity (Wildman–Crippen MR) is 195 cm³/mol. The van der Waals surface area contributed by atoms with E-state index in [1.807, 2.05) is 62.3 Å². The summed E-state index contributed by atoms with van der Waals surface area (Å²) in [6, 6.07) is 10.8. The third-order valence-electron chi connectivity index (χ3n) is 12.0. The molecule has 6 rings (SSSR count). The molecular formula is C39H55N5O7. The largest absolute Gasteiger partial charge is 0.481 e. The number of hydrogen-bond donors (Lipinski definition) is 5. The molecule has 5 N–H and O–H groups in total. The second-order valence-electron chi connectivity index (χ2n) is 15.6. The fourth-order valence-corrected chi connectivity index (χ4v) is 8.66. The number of hydrogen-bond acceptors (Lipinski definition) is 8. The molecule has 12 heteroatoms. The normalized spacial score (nSPS) is 27.2. The van der Waals surface area contributed by atoms with Gasteiger partial charge in [0.15, 0.2) is 0 Å². The average molecular weight is 706 g/mol. The van der Waals surface area contributed by atoms with Gasteiger partial charge in [0.05, 0.1) is 19.1 Å². The van der Waals surface area contributed by atoms with Crippen molar-refractivity contribution in [3.05, 3.63) is 53.1 Å². The van der Waals surface area contributed by atoms with Crippen LogP contribution in [0.5, 0.6) is 0 Å². The molecule has 4 aliphatic rings. The van der Waals surface area contributed by atoms with Crippen molar-refractivity contribution >= 4 is 29.4 Å². The molecule has 0 aromatic heterocycles. The average Bonchev–Trinajstić information content (AvgIpc) is 3.45. The van der Waals surface area contributed by atoms with Crippen molar-refractivity contribution in [3.8, 4) is 11.1 Å². The monoisotopic (exact) mass is 705 g/mol. The summed E-state index contributed by atoms with van der Waals surface area (Å²) < 4.78 is 0. The SMILES string of the molecule is CNC(=O)c1cc(-c2cccc(CN3O[C@@H](CNC(=O)CCC(=O)O)[C@@H]([C@H](C)O)[C@H]3C(=O)N[C@H]3C[C@@H]4C[C@H]([C@@H]3C)C4(C)C)c2C)cc(N(C)C)c1. The molecule has 278 valence electrons. The van der Waals surface area contributed by atoms with E-state index in [-0.39, 0.29) is 49.2 Å². The third-order valence-corrected chi connectivity index (χ3v) is 12.0. The lowest BCUT2D eigenvalue weighted by molar-refractivity contribution is -0.177. The van der Waals surface area contributed by atoms with Crippen molar-refractivity contribution in [2.45, 2.75) is 91.1 Å². The van der Waals surface area contributed by atoms with Crippen LogP contribution in [-0.2, 0) is 25.8 Å². The molecule has 12 nitrogen and oxygen atoms in total. The highest BCUT2D eigenvalue weighted by Gasteiger charge is 2.57. The Bertz CT molecular complexity index is 1640. The van der Waals surface area contributed by atoms with E-state index in [2.05, 4.69) is 36.7 Å². The highest BCUT2D eigenvalue weighted by atomic mass is 16.7. The zero-order valence-corrected chi connectivity index (χ0v) is 31.2. The molecule has 3 aliphatic carbocycles. The number of aliphatic hydroxyl groups excluding tert-OH is 1. The van der Waals surface area contributed by atoms with Gasteiger partial charge in [0.25, 0.3) is 5.91 Å². The predicted octanol–water partition coefficient (Wildman–Crippen LogP) is 3.74. The summed E-state index contributed by atoms with van der Waals surface area (Å²) in [7, 11) is 5.45. The lowest BCUT2D eigenvalue weighted by atomic mass is 9.45. The number of aliphatic hydroxyl groups is 1. The van der Waals surface area contributed by atoms with Gasteiger partial charge in [-0.1, -0.05) is 39.0 Å². The summed E-state index contributed by atoms with van der Waals surface area (Å²) in [5.41, 5.74) is 5.30. The summed E-state index contributed by atoms with van der Waals surface area (Å²) in [6.07, 6.45) is -0.0949. The van der Waals surface area contributed by atoms with E-state index in [1.54, 1.807) is 19.0 Å². The van der Waals surface area contributed by atoms with Gasteiger partial charge in [-0.25, -0.2) is 0 Å². The summed E-state index contributed by atoms with van der Waals surface area (Å²) >= 11 is 0. The number of nitrogens with zero attached hydrogens (tertiary/aromatic N) is 2. The van der Waals surface area contributed by atoms with E-state index in [0.717, 1.165) is 34.4 Å². The Morgan fingerprint density at radius 1 is 1.10 bits per heavy atom. The van der Waals surface area contributed by atoms with Gasteiger partial charge in [-0.15, -0.1) is 0 Å². The van der Waals surface area contributed by atoms with Crippen molar-refractivity contribution in [2.75, 3.05) is 32.6 Å². The Morgan fingerprint density at radius 3 is 2.43 bits per heavy atom. The molecule has 2 aromatic carbocycles. The first kappa shape index (κ1) is 38.2. The highest BCUT2D eigenvalue weighted by molar-refractivity contribution is 5.96. The number of fused-ring (bicyclic) bond motifs is 2. The van der Waals surface area contributed by atoms with Crippen molar-refractivity contribution in [1.29, 1.82) is 0 Å². The lowest BCUT2D eigenvalue weighted by Crippen LogP contribution is -2.62. The molecule has 3 amide bonds. The van der Waals surface area contributed by atoms with Crippen molar-refractivity contribution in [2.24, 2.45) is 29.1 Å². The molecule has 2 bridgehead atoms. The van der Waals surface area contributed by atoms with Crippen molar-refractivity contribution < 1.29 is 34.2 Å². The number of benzene rings is 2. The second kappa shape index (κ2) is 15.3. The Kier molecular flexibility index (Phi) is 11.5. The molecule has 2 aromatic rings. The van der Waals surface area contributed by atoms with Crippen LogP contribution in [0.4, 0.5) is 5.69 Å². The van der Waals surface area contributed by atoms with E-state index >= 15 is 0 Å². The van der Waals surface area contributed by atoms with E-state index in [4.69, 9.17) is 9.94 Å². The first-order valence-electron chi connectivity index (χ1n) is 18.1. The van der Waals surface area contributed by atoms with Gasteiger partial charge in [-0.2, -0.15) is 5.06 Å². The quantitative estimate of drug-likeness (QED) is 0.209. The maximum atomic E-state index is 14.4. The standard InChI is InChI=1S/C39H55N5O7/c1-21-24(10-9-11-29(21)25-14-26(37(49)40-6)16-28(15-25)43(7)8)20-44-36(38(50)42-31-18-27-17-30(22(31)2)39(27,4)5)35(23(3)45)32(51-44)19-41-33(46)12-13-34(47)48/h9-11,14-16,22-23,27,30-32,35-36,45H,12-13,17-20H2,1-8H3,(H,40,49)(H,41,46)(H,42,50)(H,47,48)/t22-,23-,27-,30+,31-,32-,35+,36-/m0/s1. The summed E-state index contributed by atoms with van der Waals surface area (Å²) in [6.45, 7) is 10.7. The molecular weight excluding hydrogens is 650 g/mol. The number of carboxylic acid groups (broad SMARTS) is 1. The fraction of sp³-hybridized carbons (Fsp3) is 0.590. The van der Waals surface area contributed by atoms with Crippen molar-refractivity contribution in [3.63, 3.8) is 0 Å². The second-order valence-corrected chi connectivity index (χ2v) is 15.6. The van der Waals surface area contributed by atoms with Crippen LogP contribution in [0.25, 0.3) is 11.1 Å². The van der Waals surface area contributed by atoms with Gasteiger partial charge in [-0.3, -0.25) is 24.0 Å². The zero-order valence-electron chi connectivity index (χ0n) is 31.2. The van der Waals surface area contributed by atoms with Gasteiger partial charge in [0.1, 0.15) is 12.1 Å².